The van der Waals surface area contributed by atoms with Crippen molar-refractivity contribution < 1.29 is 13.2 Å². The second-order valence-corrected chi connectivity index (χ2v) is 9.42. The lowest BCUT2D eigenvalue weighted by Crippen LogP contribution is -2.45. The van der Waals surface area contributed by atoms with Gasteiger partial charge in [0.15, 0.2) is 0 Å². The number of nitrogens with one attached hydrogen (secondary N) is 1. The molecule has 1 amide bonds. The summed E-state index contributed by atoms with van der Waals surface area (Å²) in [7, 11) is -3.18. The van der Waals surface area contributed by atoms with Crippen LogP contribution in [0.4, 0.5) is 0 Å². The van der Waals surface area contributed by atoms with E-state index in [1.807, 2.05) is 11.8 Å². The molecule has 1 heterocycles. The van der Waals surface area contributed by atoms with Gasteiger partial charge in [0.2, 0.25) is 15.9 Å². The lowest BCUT2D eigenvalue weighted by molar-refractivity contribution is -0.125. The van der Waals surface area contributed by atoms with Crippen molar-refractivity contribution in [1.82, 2.24) is 9.62 Å². The molecule has 0 spiro atoms. The maximum atomic E-state index is 12.1. The maximum Gasteiger partial charge on any atom is 0.224 e. The van der Waals surface area contributed by atoms with Gasteiger partial charge in [0, 0.05) is 30.6 Å². The third-order valence-corrected chi connectivity index (χ3v) is 6.93. The normalized spacial score (nSPS) is 25.1. The van der Waals surface area contributed by atoms with Crippen molar-refractivity contribution in [3.05, 3.63) is 0 Å². The summed E-state index contributed by atoms with van der Waals surface area (Å²) in [5.41, 5.74) is 0. The van der Waals surface area contributed by atoms with Gasteiger partial charge in [-0.1, -0.05) is 12.8 Å². The molecule has 1 atom stereocenters. The number of sulfonamides is 1. The van der Waals surface area contributed by atoms with Crippen LogP contribution in [0, 0.1) is 5.92 Å². The summed E-state index contributed by atoms with van der Waals surface area (Å²) in [6, 6.07) is 0. The van der Waals surface area contributed by atoms with Crippen molar-refractivity contribution in [1.29, 1.82) is 0 Å². The van der Waals surface area contributed by atoms with E-state index in [-0.39, 0.29) is 11.8 Å². The molecule has 5 nitrogen and oxygen atoms in total. The van der Waals surface area contributed by atoms with Crippen molar-refractivity contribution in [2.75, 3.05) is 31.6 Å². The van der Waals surface area contributed by atoms with Crippen LogP contribution < -0.4 is 5.32 Å². The minimum Gasteiger partial charge on any atom is -0.355 e. The molecule has 21 heavy (non-hydrogen) atoms. The van der Waals surface area contributed by atoms with Gasteiger partial charge in [-0.25, -0.2) is 12.7 Å². The summed E-state index contributed by atoms with van der Waals surface area (Å²) in [6.45, 7) is 1.57. The lowest BCUT2D eigenvalue weighted by Gasteiger charge is -2.30. The number of hydrogen-bond acceptors (Lipinski definition) is 4. The van der Waals surface area contributed by atoms with Crippen molar-refractivity contribution in [2.45, 2.75) is 43.8 Å². The van der Waals surface area contributed by atoms with Crippen LogP contribution in [0.5, 0.6) is 0 Å². The molecule has 0 aromatic carbocycles. The van der Waals surface area contributed by atoms with E-state index in [4.69, 9.17) is 0 Å². The minimum atomic E-state index is -3.18. The fourth-order valence-electron chi connectivity index (χ4n) is 3.06. The first-order valence-electron chi connectivity index (χ1n) is 7.81. The highest BCUT2D eigenvalue weighted by atomic mass is 32.2. The van der Waals surface area contributed by atoms with Crippen LogP contribution >= 0.6 is 11.8 Å². The smallest absolute Gasteiger partial charge is 0.224 e. The molecule has 0 radical (unpaired) electrons. The number of piperidine rings is 1. The molecule has 1 saturated carbocycles. The first kappa shape index (κ1) is 17.1. The van der Waals surface area contributed by atoms with E-state index in [1.54, 1.807) is 0 Å². The molecule has 0 aromatic heterocycles. The fraction of sp³-hybridized carbons (Fsp3) is 0.929. The second kappa shape index (κ2) is 7.83. The van der Waals surface area contributed by atoms with Crippen LogP contribution in [0.2, 0.25) is 0 Å². The Kier molecular flexibility index (Phi) is 6.37. The van der Waals surface area contributed by atoms with Gasteiger partial charge < -0.3 is 5.32 Å². The lowest BCUT2D eigenvalue weighted by atomic mass is 9.99. The number of thioether (sulfide) groups is 1. The third kappa shape index (κ3) is 5.45. The minimum absolute atomic E-state index is 0.00960. The Labute approximate surface area is 132 Å². The van der Waals surface area contributed by atoms with Gasteiger partial charge in [-0.05, 0) is 25.7 Å². The standard InChI is InChI=1S/C14H26N2O3S2/c1-21(18,19)16-9-4-5-12(11-16)14(17)15-8-10-20-13-6-2-3-7-13/h12-13H,2-11H2,1H3,(H,15,17)/t12-/m0/s1. The van der Waals surface area contributed by atoms with Crippen LogP contribution in [0.3, 0.4) is 0 Å². The van der Waals surface area contributed by atoms with Crippen molar-refractivity contribution in [3.8, 4) is 0 Å². The fourth-order valence-corrected chi connectivity index (χ4v) is 5.19. The van der Waals surface area contributed by atoms with E-state index < -0.39 is 10.0 Å². The summed E-state index contributed by atoms with van der Waals surface area (Å²) >= 11 is 1.96. The van der Waals surface area contributed by atoms with Crippen LogP contribution in [-0.4, -0.2) is 55.5 Å². The molecule has 2 aliphatic rings. The second-order valence-electron chi connectivity index (χ2n) is 6.03. The Hall–Kier alpha value is -0.270. The molecule has 0 aromatic rings. The zero-order valence-corrected chi connectivity index (χ0v) is 14.3. The van der Waals surface area contributed by atoms with Crippen LogP contribution in [0.1, 0.15) is 38.5 Å². The number of amides is 1. The Bertz CT molecular complexity index is 447. The number of nitrogens with zero attached hydrogens (tertiary/aromatic N) is 1. The van der Waals surface area contributed by atoms with Gasteiger partial charge in [-0.3, -0.25) is 4.79 Å². The maximum absolute atomic E-state index is 12.1. The highest BCUT2D eigenvalue weighted by Gasteiger charge is 2.29. The molecule has 1 aliphatic heterocycles. The van der Waals surface area contributed by atoms with E-state index in [0.717, 1.165) is 23.8 Å². The van der Waals surface area contributed by atoms with E-state index in [2.05, 4.69) is 5.32 Å². The topological polar surface area (TPSA) is 66.5 Å². The average molecular weight is 335 g/mol. The zero-order valence-electron chi connectivity index (χ0n) is 12.7. The predicted octanol–water partition coefficient (Wildman–Crippen LogP) is 1.45. The van der Waals surface area contributed by atoms with Gasteiger partial charge >= 0.3 is 0 Å². The number of carbonyl (C=O) groups is 1. The van der Waals surface area contributed by atoms with Gasteiger partial charge in [0.1, 0.15) is 0 Å². The van der Waals surface area contributed by atoms with Crippen LogP contribution in [0.25, 0.3) is 0 Å². The van der Waals surface area contributed by atoms with Crippen molar-refractivity contribution >= 4 is 27.7 Å². The van der Waals surface area contributed by atoms with Gasteiger partial charge in [0.05, 0.1) is 12.2 Å². The highest BCUT2D eigenvalue weighted by molar-refractivity contribution is 7.99. The summed E-state index contributed by atoms with van der Waals surface area (Å²) in [5, 5.41) is 3.74. The number of hydrogen-bond donors (Lipinski definition) is 1. The third-order valence-electron chi connectivity index (χ3n) is 4.28. The molecule has 2 fully saturated rings. The summed E-state index contributed by atoms with van der Waals surface area (Å²) in [4.78, 5) is 12.1. The molecule has 1 saturated heterocycles. The SMILES string of the molecule is CS(=O)(=O)N1CCC[C@H](C(=O)NCCSC2CCCC2)C1. The zero-order chi connectivity index (χ0) is 15.3. The van der Waals surface area contributed by atoms with Crippen molar-refractivity contribution in [3.63, 3.8) is 0 Å². The van der Waals surface area contributed by atoms with Crippen molar-refractivity contribution in [2.24, 2.45) is 5.92 Å². The largest absolute Gasteiger partial charge is 0.355 e. The monoisotopic (exact) mass is 334 g/mol. The molecule has 1 N–H and O–H groups in total. The molecular formula is C14H26N2O3S2. The Morgan fingerprint density at radius 2 is 1.95 bits per heavy atom. The first-order chi connectivity index (χ1) is 9.97. The van der Waals surface area contributed by atoms with E-state index in [0.29, 0.717) is 19.6 Å². The van der Waals surface area contributed by atoms with Crippen LogP contribution in [0.15, 0.2) is 0 Å². The van der Waals surface area contributed by atoms with E-state index in [9.17, 15) is 13.2 Å². The summed E-state index contributed by atoms with van der Waals surface area (Å²) in [5.74, 6) is 0.777. The quantitative estimate of drug-likeness (QED) is 0.747. The van der Waals surface area contributed by atoms with Gasteiger partial charge in [-0.15, -0.1) is 0 Å². The van der Waals surface area contributed by atoms with Gasteiger partial charge in [-0.2, -0.15) is 11.8 Å². The molecular weight excluding hydrogens is 308 g/mol. The predicted molar refractivity (Wildman–Crippen MR) is 86.9 cm³/mol. The highest BCUT2D eigenvalue weighted by Crippen LogP contribution is 2.28. The number of carbonyl (C=O) groups excluding carboxylic acids is 1. The molecule has 122 valence electrons. The molecule has 2 rings (SSSR count). The first-order valence-corrected chi connectivity index (χ1v) is 10.7. The Balaban J connectivity index is 1.67. The molecule has 0 bridgehead atoms. The van der Waals surface area contributed by atoms with Gasteiger partial charge in [0.25, 0.3) is 0 Å². The molecule has 7 heteroatoms. The van der Waals surface area contributed by atoms with E-state index >= 15 is 0 Å². The number of rotatable bonds is 6. The average Bonchev–Trinajstić information content (AvgIpc) is 2.96. The molecule has 1 aliphatic carbocycles. The summed E-state index contributed by atoms with van der Waals surface area (Å²) < 4.78 is 24.5. The Morgan fingerprint density at radius 3 is 2.62 bits per heavy atom. The van der Waals surface area contributed by atoms with Crippen LogP contribution in [-0.2, 0) is 14.8 Å². The summed E-state index contributed by atoms with van der Waals surface area (Å²) in [6.07, 6.45) is 8.07. The van der Waals surface area contributed by atoms with E-state index in [1.165, 1.54) is 36.2 Å². The Morgan fingerprint density at radius 1 is 1.24 bits per heavy atom. The molecule has 0 unspecified atom stereocenters.